The topological polar surface area (TPSA) is 101 Å². The highest BCUT2D eigenvalue weighted by Crippen LogP contribution is 2.24. The van der Waals surface area contributed by atoms with Crippen molar-refractivity contribution in [3.05, 3.63) is 23.8 Å². The van der Waals surface area contributed by atoms with Gasteiger partial charge in [-0.15, -0.1) is 0 Å². The van der Waals surface area contributed by atoms with Crippen molar-refractivity contribution in [2.75, 3.05) is 15.8 Å². The molecular weight excluding hydrogens is 302 g/mol. The molecule has 1 aromatic carbocycles. The summed E-state index contributed by atoms with van der Waals surface area (Å²) in [5.74, 6) is -0.205. The normalized spacial score (nSPS) is 12.7. The third-order valence-electron chi connectivity index (χ3n) is 3.27. The van der Waals surface area contributed by atoms with Gasteiger partial charge in [0.1, 0.15) is 0 Å². The van der Waals surface area contributed by atoms with Crippen LogP contribution in [0.3, 0.4) is 0 Å². The van der Waals surface area contributed by atoms with Crippen LogP contribution in [0.15, 0.2) is 18.2 Å². The van der Waals surface area contributed by atoms with Crippen molar-refractivity contribution in [1.82, 2.24) is 0 Å². The Bertz CT molecular complexity index is 614. The molecule has 6 nitrogen and oxygen atoms in total. The van der Waals surface area contributed by atoms with Crippen molar-refractivity contribution in [3.63, 3.8) is 0 Å². The molecule has 0 bridgehead atoms. The minimum absolute atomic E-state index is 0.0599. The Morgan fingerprint density at radius 1 is 1.23 bits per heavy atom. The van der Waals surface area contributed by atoms with E-state index in [1.807, 2.05) is 6.92 Å². The van der Waals surface area contributed by atoms with E-state index in [-0.39, 0.29) is 11.7 Å². The lowest BCUT2D eigenvalue weighted by Gasteiger charge is -2.16. The quantitative estimate of drug-likeness (QED) is 0.681. The first-order valence-electron chi connectivity index (χ1n) is 7.47. The maximum atomic E-state index is 12.0. The zero-order valence-corrected chi connectivity index (χ0v) is 14.2. The lowest BCUT2D eigenvalue weighted by molar-refractivity contribution is -0.117. The summed E-state index contributed by atoms with van der Waals surface area (Å²) >= 11 is 0. The van der Waals surface area contributed by atoms with E-state index in [1.165, 1.54) is 0 Å². The third kappa shape index (κ3) is 5.31. The number of nitrogens with one attached hydrogen (secondary N) is 2. The van der Waals surface area contributed by atoms with E-state index in [0.29, 0.717) is 29.8 Å². The number of amides is 1. The number of sulfonamides is 1. The third-order valence-corrected chi connectivity index (χ3v) is 4.74. The number of anilines is 2. The molecule has 1 unspecified atom stereocenters. The van der Waals surface area contributed by atoms with Crippen LogP contribution < -0.4 is 15.8 Å². The van der Waals surface area contributed by atoms with Gasteiger partial charge >= 0.3 is 0 Å². The summed E-state index contributed by atoms with van der Waals surface area (Å²) in [6.45, 7) is 5.52. The van der Waals surface area contributed by atoms with E-state index in [2.05, 4.69) is 10.0 Å². The molecule has 0 saturated heterocycles. The molecule has 0 saturated carbocycles. The van der Waals surface area contributed by atoms with Crippen LogP contribution in [0.25, 0.3) is 0 Å². The first kappa shape index (κ1) is 18.4. The average Bonchev–Trinajstić information content (AvgIpc) is 2.43. The zero-order valence-electron chi connectivity index (χ0n) is 13.3. The summed E-state index contributed by atoms with van der Waals surface area (Å²) in [5.41, 5.74) is 7.48. The Hall–Kier alpha value is -1.60. The van der Waals surface area contributed by atoms with Gasteiger partial charge in [-0.1, -0.05) is 26.3 Å². The lowest BCUT2D eigenvalue weighted by Crippen LogP contribution is -2.35. The van der Waals surface area contributed by atoms with Crippen molar-refractivity contribution in [1.29, 1.82) is 0 Å². The first-order chi connectivity index (χ1) is 10.3. The van der Waals surface area contributed by atoms with Crippen LogP contribution in [0.4, 0.5) is 11.4 Å². The number of rotatable bonds is 8. The van der Waals surface area contributed by atoms with Crippen LogP contribution in [0.2, 0.25) is 0 Å². The van der Waals surface area contributed by atoms with E-state index < -0.39 is 16.1 Å². The summed E-state index contributed by atoms with van der Waals surface area (Å²) in [5, 5.41) is 2.75. The molecule has 4 N–H and O–H groups in total. The summed E-state index contributed by atoms with van der Waals surface area (Å²) < 4.78 is 26.3. The van der Waals surface area contributed by atoms with Gasteiger partial charge in [0.05, 0.1) is 17.5 Å². The van der Waals surface area contributed by atoms with Gasteiger partial charge in [-0.25, -0.2) is 8.42 Å². The predicted octanol–water partition coefficient (Wildman–Crippen LogP) is 2.21. The Labute approximate surface area is 132 Å². The molecule has 0 aliphatic rings. The summed E-state index contributed by atoms with van der Waals surface area (Å²) in [6, 6.07) is 4.52. The molecule has 0 fully saturated rings. The molecule has 1 atom stereocenters. The largest absolute Gasteiger partial charge is 0.324 e. The average molecular weight is 327 g/mol. The molecule has 7 heteroatoms. The molecule has 0 radical (unpaired) electrons. The van der Waals surface area contributed by atoms with Crippen LogP contribution >= 0.6 is 0 Å². The van der Waals surface area contributed by atoms with Crippen molar-refractivity contribution in [2.24, 2.45) is 5.73 Å². The zero-order chi connectivity index (χ0) is 16.8. The maximum absolute atomic E-state index is 12.0. The second kappa shape index (κ2) is 8.14. The van der Waals surface area contributed by atoms with E-state index in [0.717, 1.165) is 6.42 Å². The highest BCUT2D eigenvalue weighted by molar-refractivity contribution is 7.92. The van der Waals surface area contributed by atoms with Gasteiger partial charge in [-0.2, -0.15) is 0 Å². The second-order valence-corrected chi connectivity index (χ2v) is 7.13. The van der Waals surface area contributed by atoms with E-state index in [4.69, 9.17) is 5.73 Å². The molecule has 22 heavy (non-hydrogen) atoms. The number of hydrogen-bond donors (Lipinski definition) is 3. The number of carbonyl (C=O) groups excluding carboxylic acids is 1. The smallest absolute Gasteiger partial charge is 0.241 e. The Morgan fingerprint density at radius 2 is 1.86 bits per heavy atom. The first-order valence-corrected chi connectivity index (χ1v) is 9.12. The summed E-state index contributed by atoms with van der Waals surface area (Å²) in [7, 11) is -3.36. The standard InChI is InChI=1S/C15H25N3O3S/c1-4-7-12(16)15(19)17-13-8-6-9-14(11(13)3)18-22(20,21)10-5-2/h6,8-9,12,18H,4-5,7,10,16H2,1-3H3,(H,17,19). The number of carbonyl (C=O) groups is 1. The maximum Gasteiger partial charge on any atom is 0.241 e. The van der Waals surface area contributed by atoms with Gasteiger partial charge in [-0.3, -0.25) is 9.52 Å². The molecule has 0 spiro atoms. The Morgan fingerprint density at radius 3 is 2.45 bits per heavy atom. The van der Waals surface area contributed by atoms with Crippen LogP contribution in [0.5, 0.6) is 0 Å². The summed E-state index contributed by atoms with van der Waals surface area (Å²) in [4.78, 5) is 12.0. The highest BCUT2D eigenvalue weighted by atomic mass is 32.2. The van der Waals surface area contributed by atoms with Crippen LogP contribution in [0, 0.1) is 6.92 Å². The van der Waals surface area contributed by atoms with Crippen molar-refractivity contribution >= 4 is 27.3 Å². The van der Waals surface area contributed by atoms with Crippen molar-refractivity contribution in [2.45, 2.75) is 46.1 Å². The minimum atomic E-state index is -3.36. The molecule has 0 aliphatic heterocycles. The number of hydrogen-bond acceptors (Lipinski definition) is 4. The minimum Gasteiger partial charge on any atom is -0.324 e. The molecule has 124 valence electrons. The molecule has 0 aromatic heterocycles. The molecule has 0 aliphatic carbocycles. The second-order valence-electron chi connectivity index (χ2n) is 5.28. The van der Waals surface area contributed by atoms with Gasteiger partial charge in [0.15, 0.2) is 0 Å². The fourth-order valence-electron chi connectivity index (χ4n) is 2.04. The monoisotopic (exact) mass is 327 g/mol. The lowest BCUT2D eigenvalue weighted by atomic mass is 10.1. The van der Waals surface area contributed by atoms with Crippen LogP contribution in [0.1, 0.15) is 38.7 Å². The molecule has 1 aromatic rings. The van der Waals surface area contributed by atoms with Crippen molar-refractivity contribution in [3.8, 4) is 0 Å². The van der Waals surface area contributed by atoms with Gasteiger partial charge < -0.3 is 11.1 Å². The van der Waals surface area contributed by atoms with E-state index >= 15 is 0 Å². The highest BCUT2D eigenvalue weighted by Gasteiger charge is 2.16. The van der Waals surface area contributed by atoms with Gasteiger partial charge in [0.2, 0.25) is 15.9 Å². The van der Waals surface area contributed by atoms with Gasteiger partial charge in [-0.05, 0) is 37.5 Å². The Balaban J connectivity index is 2.92. The summed E-state index contributed by atoms with van der Waals surface area (Å²) in [6.07, 6.45) is 1.97. The van der Waals surface area contributed by atoms with Crippen molar-refractivity contribution < 1.29 is 13.2 Å². The molecule has 1 rings (SSSR count). The fraction of sp³-hybridized carbons (Fsp3) is 0.533. The SMILES string of the molecule is CCCC(N)C(=O)Nc1cccc(NS(=O)(=O)CCC)c1C. The van der Waals surface area contributed by atoms with Gasteiger partial charge in [0.25, 0.3) is 0 Å². The van der Waals surface area contributed by atoms with Crippen LogP contribution in [-0.4, -0.2) is 26.1 Å². The molecular formula is C15H25N3O3S. The predicted molar refractivity (Wildman–Crippen MR) is 90.4 cm³/mol. The molecule has 0 heterocycles. The Kier molecular flexibility index (Phi) is 6.83. The van der Waals surface area contributed by atoms with E-state index in [1.54, 1.807) is 32.0 Å². The fourth-order valence-corrected chi connectivity index (χ4v) is 3.23. The van der Waals surface area contributed by atoms with E-state index in [9.17, 15) is 13.2 Å². The van der Waals surface area contributed by atoms with Crippen LogP contribution in [-0.2, 0) is 14.8 Å². The van der Waals surface area contributed by atoms with Gasteiger partial charge in [0, 0.05) is 5.69 Å². The molecule has 1 amide bonds. The number of nitrogens with two attached hydrogens (primary N) is 1. The number of benzene rings is 1.